The third-order valence-electron chi connectivity index (χ3n) is 7.64. The van der Waals surface area contributed by atoms with Crippen molar-refractivity contribution < 1.29 is 9.69 Å². The number of piperidine rings is 1. The fraction of sp³-hybridized carbons (Fsp3) is 0.480. The zero-order valence-electron chi connectivity index (χ0n) is 16.1. The van der Waals surface area contributed by atoms with Crippen LogP contribution in [0.2, 0.25) is 0 Å². The second-order valence-corrected chi connectivity index (χ2v) is 9.06. The number of benzene rings is 2. The van der Waals surface area contributed by atoms with Crippen LogP contribution in [0.15, 0.2) is 60.7 Å². The first-order chi connectivity index (χ1) is 13.3. The number of Topliss-reactive ketones (excluding diaryl/α,β-unsaturated/α-hetero) is 1. The van der Waals surface area contributed by atoms with Gasteiger partial charge in [0.05, 0.1) is 19.5 Å². The van der Waals surface area contributed by atoms with Gasteiger partial charge in [-0.25, -0.2) is 0 Å². The predicted octanol–water partition coefficient (Wildman–Crippen LogP) is 3.74. The molecule has 2 aromatic carbocycles. The minimum absolute atomic E-state index is 0.146. The second kappa shape index (κ2) is 6.91. The molecule has 3 aliphatic carbocycles. The van der Waals surface area contributed by atoms with Gasteiger partial charge in [-0.15, -0.1) is 0 Å². The quantitative estimate of drug-likeness (QED) is 0.885. The molecule has 1 N–H and O–H groups in total. The number of likely N-dealkylation sites (tertiary alicyclic amines) is 1. The summed E-state index contributed by atoms with van der Waals surface area (Å²) in [7, 11) is 0. The molecule has 27 heavy (non-hydrogen) atoms. The summed E-state index contributed by atoms with van der Waals surface area (Å²) in [5, 5.41) is 0. The first kappa shape index (κ1) is 17.2. The minimum Gasteiger partial charge on any atom is -0.330 e. The molecule has 3 saturated carbocycles. The van der Waals surface area contributed by atoms with E-state index in [0.29, 0.717) is 17.6 Å². The van der Waals surface area contributed by atoms with E-state index >= 15 is 0 Å². The Morgan fingerprint density at radius 2 is 1.26 bits per heavy atom. The second-order valence-electron chi connectivity index (χ2n) is 9.06. The Morgan fingerprint density at radius 1 is 0.741 bits per heavy atom. The molecule has 0 amide bonds. The summed E-state index contributed by atoms with van der Waals surface area (Å²) in [6.45, 7) is 2.50. The third-order valence-corrected chi connectivity index (χ3v) is 7.64. The zero-order valence-corrected chi connectivity index (χ0v) is 16.1. The van der Waals surface area contributed by atoms with E-state index in [1.165, 1.54) is 56.3 Å². The van der Waals surface area contributed by atoms with E-state index in [1.54, 1.807) is 4.90 Å². The van der Waals surface area contributed by atoms with Gasteiger partial charge in [0.1, 0.15) is 11.3 Å². The lowest BCUT2D eigenvalue weighted by atomic mass is 9.52. The van der Waals surface area contributed by atoms with E-state index in [2.05, 4.69) is 60.7 Å². The van der Waals surface area contributed by atoms with Crippen LogP contribution in [0.3, 0.4) is 0 Å². The van der Waals surface area contributed by atoms with Gasteiger partial charge in [0.25, 0.3) is 0 Å². The Kier molecular flexibility index (Phi) is 4.40. The summed E-state index contributed by atoms with van der Waals surface area (Å²) in [4.78, 5) is 15.2. The van der Waals surface area contributed by atoms with E-state index < -0.39 is 0 Å². The molecule has 2 nitrogen and oxygen atoms in total. The van der Waals surface area contributed by atoms with E-state index in [9.17, 15) is 4.79 Å². The van der Waals surface area contributed by atoms with Gasteiger partial charge in [-0.3, -0.25) is 4.79 Å². The van der Waals surface area contributed by atoms with Gasteiger partial charge in [0.2, 0.25) is 0 Å². The van der Waals surface area contributed by atoms with Crippen molar-refractivity contribution in [1.82, 2.24) is 0 Å². The van der Waals surface area contributed by atoms with Crippen molar-refractivity contribution in [2.45, 2.75) is 55.9 Å². The smallest absolute Gasteiger partial charge is 0.143 e. The lowest BCUT2D eigenvalue weighted by molar-refractivity contribution is -0.960. The van der Waals surface area contributed by atoms with Crippen molar-refractivity contribution in [1.29, 1.82) is 0 Å². The molecule has 2 heteroatoms. The molecule has 0 aromatic heterocycles. The number of hydrogen-bond acceptors (Lipinski definition) is 1. The maximum Gasteiger partial charge on any atom is 0.143 e. The Labute approximate surface area is 162 Å². The van der Waals surface area contributed by atoms with Crippen LogP contribution in [0.5, 0.6) is 0 Å². The molecule has 2 atom stereocenters. The standard InChI is InChI=1S/C25H29NO/c27-23-18-25(26-14-8-3-9-15-26)16-21(19-10-4-1-5-11-19)24(23)22(17-25)20-12-6-2-7-13-20/h1-2,4-7,10-13,21-22,24H,3,8-9,14-18H2/p+1/t21-,22-,24?,25?/m0/s1. The summed E-state index contributed by atoms with van der Waals surface area (Å²) in [5.74, 6) is 1.43. The molecule has 0 unspecified atom stereocenters. The van der Waals surface area contributed by atoms with E-state index in [1.807, 2.05) is 0 Å². The predicted molar refractivity (Wildman–Crippen MR) is 108 cm³/mol. The summed E-state index contributed by atoms with van der Waals surface area (Å²) in [5.41, 5.74) is 2.89. The number of fused-ring (bicyclic) bond motifs is 3. The van der Waals surface area contributed by atoms with Gasteiger partial charge in [-0.2, -0.15) is 0 Å². The van der Waals surface area contributed by atoms with Crippen molar-refractivity contribution >= 4 is 5.78 Å². The number of nitrogens with one attached hydrogen (secondary N) is 1. The lowest BCUT2D eigenvalue weighted by Gasteiger charge is -2.56. The van der Waals surface area contributed by atoms with Gasteiger partial charge >= 0.3 is 0 Å². The normalized spacial score (nSPS) is 33.9. The molecular formula is C25H30NO+. The largest absolute Gasteiger partial charge is 0.330 e. The molecule has 140 valence electrons. The molecule has 4 fully saturated rings. The van der Waals surface area contributed by atoms with Gasteiger partial charge in [-0.05, 0) is 30.4 Å². The Hall–Kier alpha value is -1.93. The van der Waals surface area contributed by atoms with E-state index in [0.717, 1.165) is 6.42 Å². The first-order valence-electron chi connectivity index (χ1n) is 10.7. The number of carbonyl (C=O) groups is 1. The molecule has 1 saturated heterocycles. The molecular weight excluding hydrogens is 330 g/mol. The number of ketones is 1. The molecule has 6 rings (SSSR count). The highest BCUT2D eigenvalue weighted by atomic mass is 16.1. The summed E-state index contributed by atoms with van der Waals surface area (Å²) >= 11 is 0. The number of quaternary nitrogens is 1. The van der Waals surface area contributed by atoms with Gasteiger partial charge in [0, 0.05) is 30.6 Å². The summed E-state index contributed by atoms with van der Waals surface area (Å²) in [6, 6.07) is 21.7. The first-order valence-corrected chi connectivity index (χ1v) is 10.7. The van der Waals surface area contributed by atoms with Crippen LogP contribution < -0.4 is 4.90 Å². The van der Waals surface area contributed by atoms with Crippen LogP contribution in [0.4, 0.5) is 0 Å². The fourth-order valence-corrected chi connectivity index (χ4v) is 6.48. The molecule has 2 aromatic rings. The summed E-state index contributed by atoms with van der Waals surface area (Å²) < 4.78 is 0. The van der Waals surface area contributed by atoms with Crippen LogP contribution in [0.25, 0.3) is 0 Å². The molecule has 0 radical (unpaired) electrons. The summed E-state index contributed by atoms with van der Waals surface area (Å²) in [6.07, 6.45) is 7.18. The maximum absolute atomic E-state index is 13.5. The average Bonchev–Trinajstić information content (AvgIpc) is 2.75. The monoisotopic (exact) mass is 360 g/mol. The Bertz CT molecular complexity index is 744. The van der Waals surface area contributed by atoms with E-state index in [-0.39, 0.29) is 11.5 Å². The maximum atomic E-state index is 13.5. The zero-order chi connectivity index (χ0) is 18.3. The fourth-order valence-electron chi connectivity index (χ4n) is 6.48. The topological polar surface area (TPSA) is 21.5 Å². The van der Waals surface area contributed by atoms with Crippen LogP contribution >= 0.6 is 0 Å². The minimum atomic E-state index is 0.146. The molecule has 1 heterocycles. The number of rotatable bonds is 3. The molecule has 2 bridgehead atoms. The third kappa shape index (κ3) is 2.95. The van der Waals surface area contributed by atoms with Gasteiger partial charge in [-0.1, -0.05) is 60.7 Å². The average molecular weight is 361 g/mol. The van der Waals surface area contributed by atoms with Crippen molar-refractivity contribution in [3.8, 4) is 0 Å². The van der Waals surface area contributed by atoms with Crippen LogP contribution in [0.1, 0.15) is 61.5 Å². The van der Waals surface area contributed by atoms with Crippen LogP contribution in [-0.2, 0) is 4.79 Å². The van der Waals surface area contributed by atoms with Crippen molar-refractivity contribution in [2.24, 2.45) is 5.92 Å². The van der Waals surface area contributed by atoms with Crippen molar-refractivity contribution in [3.63, 3.8) is 0 Å². The van der Waals surface area contributed by atoms with Gasteiger partial charge < -0.3 is 4.90 Å². The molecule has 1 aliphatic heterocycles. The van der Waals surface area contributed by atoms with Crippen LogP contribution in [-0.4, -0.2) is 24.4 Å². The van der Waals surface area contributed by atoms with Crippen LogP contribution in [0, 0.1) is 5.92 Å². The highest BCUT2D eigenvalue weighted by Crippen LogP contribution is 2.55. The highest BCUT2D eigenvalue weighted by Gasteiger charge is 2.60. The lowest BCUT2D eigenvalue weighted by Crippen LogP contribution is -3.21. The van der Waals surface area contributed by atoms with Gasteiger partial charge in [0.15, 0.2) is 0 Å². The number of hydrogen-bond donors (Lipinski definition) is 1. The van der Waals surface area contributed by atoms with E-state index in [4.69, 9.17) is 0 Å². The Balaban J connectivity index is 1.59. The Morgan fingerprint density at radius 3 is 1.78 bits per heavy atom. The SMILES string of the molecule is O=C1CC2([NH+]3CCCCC3)C[C@@H](c3ccccc3)C1[C@H](c1ccccc1)C2. The van der Waals surface area contributed by atoms with Crippen molar-refractivity contribution in [3.05, 3.63) is 71.8 Å². The number of carbonyl (C=O) groups excluding carboxylic acids is 1. The molecule has 4 aliphatic rings. The highest BCUT2D eigenvalue weighted by molar-refractivity contribution is 5.86. The molecule has 0 spiro atoms. The van der Waals surface area contributed by atoms with Crippen molar-refractivity contribution in [2.75, 3.05) is 13.1 Å².